The fourth-order valence-corrected chi connectivity index (χ4v) is 3.44. The molecule has 6 nitrogen and oxygen atoms in total. The van der Waals surface area contributed by atoms with Gasteiger partial charge in [0.2, 0.25) is 0 Å². The average Bonchev–Trinajstić information content (AvgIpc) is 3.07. The highest BCUT2D eigenvalue weighted by Crippen LogP contribution is 2.34. The molecule has 0 amide bonds. The monoisotopic (exact) mass is 321 g/mol. The van der Waals surface area contributed by atoms with E-state index in [2.05, 4.69) is 14.9 Å². The molecule has 0 saturated carbocycles. The minimum Gasteiger partial charge on any atom is -0.346 e. The molecule has 2 aromatic heterocycles. The summed E-state index contributed by atoms with van der Waals surface area (Å²) in [5, 5.41) is 0.658. The number of rotatable bonds is 2. The van der Waals surface area contributed by atoms with Crippen molar-refractivity contribution in [2.24, 2.45) is 7.05 Å². The van der Waals surface area contributed by atoms with Gasteiger partial charge in [-0.1, -0.05) is 12.1 Å². The predicted octanol–water partition coefficient (Wildman–Crippen LogP) is 2.37. The molecule has 1 unspecified atom stereocenters. The van der Waals surface area contributed by atoms with Gasteiger partial charge in [-0.25, -0.2) is 15.0 Å². The Morgan fingerprint density at radius 3 is 2.88 bits per heavy atom. The number of hydrogen-bond acceptors (Lipinski definition) is 5. The quantitative estimate of drug-likeness (QED) is 0.725. The van der Waals surface area contributed by atoms with Crippen LogP contribution in [0.3, 0.4) is 0 Å². The first-order chi connectivity index (χ1) is 11.6. The highest BCUT2D eigenvalue weighted by Gasteiger charge is 2.30. The highest BCUT2D eigenvalue weighted by atomic mass is 16.1. The summed E-state index contributed by atoms with van der Waals surface area (Å²) in [7, 11) is 1.80. The normalized spacial score (nSPS) is 17.6. The first-order valence-electron chi connectivity index (χ1n) is 8.16. The van der Waals surface area contributed by atoms with Gasteiger partial charge in [0.1, 0.15) is 18.0 Å². The van der Waals surface area contributed by atoms with E-state index in [1.54, 1.807) is 17.9 Å². The second kappa shape index (κ2) is 5.70. The lowest BCUT2D eigenvalue weighted by Gasteiger charge is -2.26. The van der Waals surface area contributed by atoms with Crippen molar-refractivity contribution >= 4 is 16.7 Å². The van der Waals surface area contributed by atoms with E-state index in [1.807, 2.05) is 37.3 Å². The molecule has 6 heteroatoms. The van der Waals surface area contributed by atoms with Crippen LogP contribution in [-0.2, 0) is 7.05 Å². The molecule has 1 aliphatic rings. The van der Waals surface area contributed by atoms with Crippen molar-refractivity contribution in [3.63, 3.8) is 0 Å². The second-order valence-corrected chi connectivity index (χ2v) is 6.22. The number of hydrogen-bond donors (Lipinski definition) is 0. The molecule has 3 heterocycles. The molecule has 1 aliphatic heterocycles. The molecular formula is C18H19N5O. The number of aromatic nitrogens is 4. The highest BCUT2D eigenvalue weighted by molar-refractivity contribution is 5.77. The van der Waals surface area contributed by atoms with Crippen molar-refractivity contribution in [1.29, 1.82) is 0 Å². The van der Waals surface area contributed by atoms with Crippen LogP contribution in [0.15, 0.2) is 41.5 Å². The Balaban J connectivity index is 1.84. The van der Waals surface area contributed by atoms with E-state index in [0.29, 0.717) is 5.39 Å². The van der Waals surface area contributed by atoms with Gasteiger partial charge in [0.15, 0.2) is 0 Å². The summed E-state index contributed by atoms with van der Waals surface area (Å²) in [6.45, 7) is 2.87. The summed E-state index contributed by atoms with van der Waals surface area (Å²) < 4.78 is 1.68. The Hall–Kier alpha value is -2.76. The SMILES string of the molecule is Cc1cc(N2CCCC2c2nc3ccccc3c(=O)n2C)ncn1. The summed E-state index contributed by atoms with van der Waals surface area (Å²) in [5.74, 6) is 1.69. The molecular weight excluding hydrogens is 302 g/mol. The zero-order chi connectivity index (χ0) is 16.7. The molecule has 1 saturated heterocycles. The molecule has 1 fully saturated rings. The Kier molecular flexibility index (Phi) is 3.52. The van der Waals surface area contributed by atoms with Crippen molar-refractivity contribution in [3.05, 3.63) is 58.5 Å². The lowest BCUT2D eigenvalue weighted by molar-refractivity contribution is 0.607. The molecule has 0 spiro atoms. The first kappa shape index (κ1) is 14.8. The maximum Gasteiger partial charge on any atom is 0.261 e. The zero-order valence-corrected chi connectivity index (χ0v) is 13.8. The molecule has 24 heavy (non-hydrogen) atoms. The van der Waals surface area contributed by atoms with Gasteiger partial charge in [-0.15, -0.1) is 0 Å². The smallest absolute Gasteiger partial charge is 0.261 e. The van der Waals surface area contributed by atoms with Crippen LogP contribution in [0.4, 0.5) is 5.82 Å². The van der Waals surface area contributed by atoms with E-state index >= 15 is 0 Å². The average molecular weight is 321 g/mol. The molecule has 0 aliphatic carbocycles. The van der Waals surface area contributed by atoms with Gasteiger partial charge >= 0.3 is 0 Å². The lowest BCUT2D eigenvalue weighted by Crippen LogP contribution is -2.31. The molecule has 4 rings (SSSR count). The molecule has 0 N–H and O–H groups in total. The van der Waals surface area contributed by atoms with Crippen LogP contribution in [0.25, 0.3) is 10.9 Å². The maximum absolute atomic E-state index is 12.7. The molecule has 0 radical (unpaired) electrons. The van der Waals surface area contributed by atoms with E-state index in [0.717, 1.165) is 42.2 Å². The van der Waals surface area contributed by atoms with Crippen LogP contribution in [0, 0.1) is 6.92 Å². The molecule has 0 bridgehead atoms. The van der Waals surface area contributed by atoms with Crippen molar-refractivity contribution in [2.45, 2.75) is 25.8 Å². The Morgan fingerprint density at radius 2 is 2.04 bits per heavy atom. The van der Waals surface area contributed by atoms with Crippen LogP contribution in [0.5, 0.6) is 0 Å². The van der Waals surface area contributed by atoms with Crippen molar-refractivity contribution in [2.75, 3.05) is 11.4 Å². The van der Waals surface area contributed by atoms with Gasteiger partial charge in [-0.3, -0.25) is 9.36 Å². The van der Waals surface area contributed by atoms with Gasteiger partial charge in [0.05, 0.1) is 16.9 Å². The third-order valence-corrected chi connectivity index (χ3v) is 4.65. The van der Waals surface area contributed by atoms with E-state index in [4.69, 9.17) is 4.98 Å². The minimum atomic E-state index is 0.00122. The molecule has 3 aromatic rings. The summed E-state index contributed by atoms with van der Waals surface area (Å²) in [6.07, 6.45) is 3.60. The fourth-order valence-electron chi connectivity index (χ4n) is 3.44. The molecule has 1 aromatic carbocycles. The van der Waals surface area contributed by atoms with Crippen LogP contribution in [0.2, 0.25) is 0 Å². The van der Waals surface area contributed by atoms with Crippen LogP contribution >= 0.6 is 0 Å². The van der Waals surface area contributed by atoms with Crippen LogP contribution in [0.1, 0.15) is 30.4 Å². The van der Waals surface area contributed by atoms with Gasteiger partial charge < -0.3 is 4.90 Å². The Morgan fingerprint density at radius 1 is 1.21 bits per heavy atom. The predicted molar refractivity (Wildman–Crippen MR) is 93.1 cm³/mol. The molecule has 122 valence electrons. The van der Waals surface area contributed by atoms with Gasteiger partial charge in [0.25, 0.3) is 5.56 Å². The zero-order valence-electron chi connectivity index (χ0n) is 13.8. The lowest BCUT2D eigenvalue weighted by atomic mass is 10.1. The standard InChI is InChI=1S/C18H19N5O/c1-12-10-16(20-11-19-12)23-9-5-8-15(23)17-21-14-7-4-3-6-13(14)18(24)22(17)2/h3-4,6-7,10-11,15H,5,8-9H2,1-2H3. The van der Waals surface area contributed by atoms with E-state index in [1.165, 1.54) is 0 Å². The van der Waals surface area contributed by atoms with Crippen LogP contribution < -0.4 is 10.5 Å². The number of para-hydroxylation sites is 1. The van der Waals surface area contributed by atoms with Crippen molar-refractivity contribution in [1.82, 2.24) is 19.5 Å². The van der Waals surface area contributed by atoms with Crippen LogP contribution in [-0.4, -0.2) is 26.1 Å². The van der Waals surface area contributed by atoms with Gasteiger partial charge in [0, 0.05) is 25.4 Å². The summed E-state index contributed by atoms with van der Waals surface area (Å²) >= 11 is 0. The third kappa shape index (κ3) is 2.35. The van der Waals surface area contributed by atoms with Gasteiger partial charge in [-0.05, 0) is 31.9 Å². The minimum absolute atomic E-state index is 0.00122. The maximum atomic E-state index is 12.7. The fraction of sp³-hybridized carbons (Fsp3) is 0.333. The number of aryl methyl sites for hydroxylation is 1. The largest absolute Gasteiger partial charge is 0.346 e. The summed E-state index contributed by atoms with van der Waals surface area (Å²) in [5.41, 5.74) is 1.69. The second-order valence-electron chi connectivity index (χ2n) is 6.22. The Bertz CT molecular complexity index is 965. The molecule has 1 atom stereocenters. The first-order valence-corrected chi connectivity index (χ1v) is 8.16. The van der Waals surface area contributed by atoms with Crippen molar-refractivity contribution < 1.29 is 0 Å². The number of anilines is 1. The topological polar surface area (TPSA) is 63.9 Å². The third-order valence-electron chi connectivity index (χ3n) is 4.65. The summed E-state index contributed by atoms with van der Waals surface area (Å²) in [6, 6.07) is 9.55. The van der Waals surface area contributed by atoms with E-state index in [9.17, 15) is 4.79 Å². The summed E-state index contributed by atoms with van der Waals surface area (Å²) in [4.78, 5) is 28.3. The van der Waals surface area contributed by atoms with Gasteiger partial charge in [-0.2, -0.15) is 0 Å². The number of benzene rings is 1. The number of nitrogens with zero attached hydrogens (tertiary/aromatic N) is 5. The van der Waals surface area contributed by atoms with E-state index in [-0.39, 0.29) is 11.6 Å². The van der Waals surface area contributed by atoms with E-state index < -0.39 is 0 Å². The Labute approximate surface area is 139 Å². The number of fused-ring (bicyclic) bond motifs is 1. The van der Waals surface area contributed by atoms with Crippen molar-refractivity contribution in [3.8, 4) is 0 Å².